The Morgan fingerprint density at radius 2 is 2.21 bits per heavy atom. The molecule has 3 heterocycles. The van der Waals surface area contributed by atoms with Gasteiger partial charge in [0.1, 0.15) is 5.75 Å². The average Bonchev–Trinajstić information content (AvgIpc) is 2.95. The van der Waals surface area contributed by atoms with Crippen molar-refractivity contribution in [2.75, 3.05) is 13.7 Å². The Labute approximate surface area is 142 Å². The number of nitrogens with one attached hydrogen (secondary N) is 1. The summed E-state index contributed by atoms with van der Waals surface area (Å²) in [6, 6.07) is 12.9. The van der Waals surface area contributed by atoms with Crippen LogP contribution in [0.5, 0.6) is 5.75 Å². The van der Waals surface area contributed by atoms with Crippen LogP contribution < -0.4 is 10.1 Å². The molecule has 4 heteroatoms. The van der Waals surface area contributed by atoms with Gasteiger partial charge in [-0.3, -0.25) is 4.98 Å². The van der Waals surface area contributed by atoms with Crippen molar-refractivity contribution in [1.29, 1.82) is 0 Å². The maximum absolute atomic E-state index is 5.45. The lowest BCUT2D eigenvalue weighted by Crippen LogP contribution is -2.28. The summed E-state index contributed by atoms with van der Waals surface area (Å²) in [6.07, 6.45) is 3.89. The highest BCUT2D eigenvalue weighted by atomic mass is 16.5. The highest BCUT2D eigenvalue weighted by Gasteiger charge is 2.24. The molecule has 1 unspecified atom stereocenters. The van der Waals surface area contributed by atoms with Gasteiger partial charge in [-0.25, -0.2) is 0 Å². The first-order chi connectivity index (χ1) is 11.8. The Morgan fingerprint density at radius 3 is 3.00 bits per heavy atom. The van der Waals surface area contributed by atoms with Crippen LogP contribution >= 0.6 is 0 Å². The first kappa shape index (κ1) is 15.2. The van der Waals surface area contributed by atoms with Crippen molar-refractivity contribution < 1.29 is 4.74 Å². The molecule has 1 aliphatic heterocycles. The van der Waals surface area contributed by atoms with Crippen molar-refractivity contribution in [1.82, 2.24) is 14.9 Å². The standard InChI is InChI=1S/C20H23N3O/c1-14-20-17-13-16(24-2)6-7-18(17)23(19(20)8-11-21-14)12-9-15-5-3-4-10-22-15/h3-7,10,13-14,21H,8-9,11-12H2,1-2H3. The minimum Gasteiger partial charge on any atom is -0.497 e. The van der Waals surface area contributed by atoms with Crippen molar-refractivity contribution >= 4 is 10.9 Å². The molecule has 2 aromatic heterocycles. The van der Waals surface area contributed by atoms with Gasteiger partial charge in [0.2, 0.25) is 0 Å². The van der Waals surface area contributed by atoms with E-state index in [0.717, 1.165) is 37.4 Å². The highest BCUT2D eigenvalue weighted by Crippen LogP contribution is 2.35. The second-order valence-corrected chi connectivity index (χ2v) is 6.39. The van der Waals surface area contributed by atoms with Gasteiger partial charge in [0.15, 0.2) is 0 Å². The molecular weight excluding hydrogens is 298 g/mol. The number of aromatic nitrogens is 2. The van der Waals surface area contributed by atoms with Gasteiger partial charge < -0.3 is 14.6 Å². The Hall–Kier alpha value is -2.33. The van der Waals surface area contributed by atoms with Crippen LogP contribution in [0.4, 0.5) is 0 Å². The molecule has 0 spiro atoms. The second kappa shape index (κ2) is 6.29. The summed E-state index contributed by atoms with van der Waals surface area (Å²) in [7, 11) is 1.73. The number of nitrogens with zero attached hydrogens (tertiary/aromatic N) is 2. The fourth-order valence-electron chi connectivity index (χ4n) is 3.83. The smallest absolute Gasteiger partial charge is 0.119 e. The molecule has 0 radical (unpaired) electrons. The summed E-state index contributed by atoms with van der Waals surface area (Å²) in [4.78, 5) is 4.47. The molecule has 0 bridgehead atoms. The predicted molar refractivity (Wildman–Crippen MR) is 96.6 cm³/mol. The molecular formula is C20H23N3O. The number of pyridine rings is 1. The van der Waals surface area contributed by atoms with Crippen LogP contribution in [0.1, 0.15) is 29.9 Å². The van der Waals surface area contributed by atoms with Gasteiger partial charge in [-0.1, -0.05) is 6.07 Å². The summed E-state index contributed by atoms with van der Waals surface area (Å²) >= 11 is 0. The van der Waals surface area contributed by atoms with E-state index in [0.29, 0.717) is 6.04 Å². The molecule has 0 saturated heterocycles. The SMILES string of the molecule is COc1ccc2c(c1)c1c(n2CCc2ccccn2)CCNC1C. The number of fused-ring (bicyclic) bond motifs is 3. The molecule has 4 nitrogen and oxygen atoms in total. The number of benzene rings is 1. The normalized spacial score (nSPS) is 17.0. The predicted octanol–water partition coefficient (Wildman–Crippen LogP) is 3.49. The zero-order valence-corrected chi connectivity index (χ0v) is 14.2. The van der Waals surface area contributed by atoms with Crippen molar-refractivity contribution in [2.24, 2.45) is 0 Å². The molecule has 4 rings (SSSR count). The second-order valence-electron chi connectivity index (χ2n) is 6.39. The van der Waals surface area contributed by atoms with E-state index >= 15 is 0 Å². The van der Waals surface area contributed by atoms with E-state index in [1.54, 1.807) is 7.11 Å². The minimum atomic E-state index is 0.374. The monoisotopic (exact) mass is 321 g/mol. The lowest BCUT2D eigenvalue weighted by Gasteiger charge is -2.23. The summed E-state index contributed by atoms with van der Waals surface area (Å²) in [5.74, 6) is 0.921. The summed E-state index contributed by atoms with van der Waals surface area (Å²) in [5.41, 5.74) is 5.33. The van der Waals surface area contributed by atoms with E-state index in [-0.39, 0.29) is 0 Å². The fraction of sp³-hybridized carbons (Fsp3) is 0.350. The molecule has 124 valence electrons. The molecule has 1 aromatic carbocycles. The van der Waals surface area contributed by atoms with Gasteiger partial charge in [0.25, 0.3) is 0 Å². The van der Waals surface area contributed by atoms with Gasteiger partial charge >= 0.3 is 0 Å². The number of rotatable bonds is 4. The van der Waals surface area contributed by atoms with Crippen LogP contribution in [-0.4, -0.2) is 23.2 Å². The first-order valence-electron chi connectivity index (χ1n) is 8.60. The average molecular weight is 321 g/mol. The maximum Gasteiger partial charge on any atom is 0.119 e. The van der Waals surface area contributed by atoms with Crippen molar-refractivity contribution in [3.8, 4) is 5.75 Å². The van der Waals surface area contributed by atoms with Crippen molar-refractivity contribution in [3.05, 3.63) is 59.5 Å². The molecule has 1 N–H and O–H groups in total. The molecule has 0 aliphatic carbocycles. The van der Waals surface area contributed by atoms with Crippen molar-refractivity contribution in [2.45, 2.75) is 32.4 Å². The van der Waals surface area contributed by atoms with E-state index in [4.69, 9.17) is 4.74 Å². The van der Waals surface area contributed by atoms with E-state index in [1.807, 2.05) is 12.3 Å². The summed E-state index contributed by atoms with van der Waals surface area (Å²) < 4.78 is 7.93. The van der Waals surface area contributed by atoms with Crippen LogP contribution in [0.2, 0.25) is 0 Å². The van der Waals surface area contributed by atoms with Gasteiger partial charge in [0.05, 0.1) is 7.11 Å². The number of aryl methyl sites for hydroxylation is 2. The third kappa shape index (κ3) is 2.57. The molecule has 0 saturated carbocycles. The topological polar surface area (TPSA) is 39.1 Å². The van der Waals surface area contributed by atoms with Gasteiger partial charge in [-0.15, -0.1) is 0 Å². The van der Waals surface area contributed by atoms with Gasteiger partial charge in [0, 0.05) is 60.5 Å². The lowest BCUT2D eigenvalue weighted by atomic mass is 9.99. The third-order valence-corrected chi connectivity index (χ3v) is 4.98. The molecule has 0 amide bonds. The minimum absolute atomic E-state index is 0.374. The van der Waals surface area contributed by atoms with Crippen LogP contribution in [0.25, 0.3) is 10.9 Å². The Bertz CT molecular complexity index is 854. The first-order valence-corrected chi connectivity index (χ1v) is 8.60. The maximum atomic E-state index is 5.45. The number of hydrogen-bond acceptors (Lipinski definition) is 3. The van der Waals surface area contributed by atoms with Crippen LogP contribution in [0.15, 0.2) is 42.6 Å². The Kier molecular flexibility index (Phi) is 3.98. The number of hydrogen-bond donors (Lipinski definition) is 1. The number of methoxy groups -OCH3 is 1. The van der Waals surface area contributed by atoms with Crippen LogP contribution in [-0.2, 0) is 19.4 Å². The summed E-state index contributed by atoms with van der Waals surface area (Å²) in [6.45, 7) is 4.24. The van der Waals surface area contributed by atoms with E-state index in [1.165, 1.54) is 22.2 Å². The van der Waals surface area contributed by atoms with Crippen LogP contribution in [0, 0.1) is 0 Å². The van der Waals surface area contributed by atoms with Gasteiger partial charge in [-0.2, -0.15) is 0 Å². The molecule has 1 atom stereocenters. The highest BCUT2D eigenvalue weighted by molar-refractivity contribution is 5.87. The quantitative estimate of drug-likeness (QED) is 0.799. The molecule has 0 fully saturated rings. The number of ether oxygens (including phenoxy) is 1. The molecule has 24 heavy (non-hydrogen) atoms. The van der Waals surface area contributed by atoms with Crippen LogP contribution in [0.3, 0.4) is 0 Å². The molecule has 3 aromatic rings. The third-order valence-electron chi connectivity index (χ3n) is 4.98. The van der Waals surface area contributed by atoms with E-state index in [9.17, 15) is 0 Å². The largest absolute Gasteiger partial charge is 0.497 e. The Morgan fingerprint density at radius 1 is 1.29 bits per heavy atom. The lowest BCUT2D eigenvalue weighted by molar-refractivity contribution is 0.415. The van der Waals surface area contributed by atoms with E-state index < -0.39 is 0 Å². The molecule has 1 aliphatic rings. The summed E-state index contributed by atoms with van der Waals surface area (Å²) in [5, 5.41) is 4.90. The van der Waals surface area contributed by atoms with Gasteiger partial charge in [-0.05, 0) is 42.8 Å². The van der Waals surface area contributed by atoms with Crippen molar-refractivity contribution in [3.63, 3.8) is 0 Å². The van der Waals surface area contributed by atoms with E-state index in [2.05, 4.69) is 52.1 Å². The fourth-order valence-corrected chi connectivity index (χ4v) is 3.83. The zero-order valence-electron chi connectivity index (χ0n) is 14.2. The zero-order chi connectivity index (χ0) is 16.5. The Balaban J connectivity index is 1.79.